The predicted molar refractivity (Wildman–Crippen MR) is 79.3 cm³/mol. The lowest BCUT2D eigenvalue weighted by Crippen LogP contribution is -2.19. The lowest BCUT2D eigenvalue weighted by molar-refractivity contribution is 0.528. The Hall–Kier alpha value is -2.14. The van der Waals surface area contributed by atoms with E-state index < -0.39 is 0 Å². The number of aromatic nitrogens is 4. The van der Waals surface area contributed by atoms with Crippen molar-refractivity contribution in [2.45, 2.75) is 32.4 Å². The minimum Gasteiger partial charge on any atom is -0.361 e. The van der Waals surface area contributed by atoms with Crippen molar-refractivity contribution in [3.8, 4) is 0 Å². The second kappa shape index (κ2) is 5.09. The van der Waals surface area contributed by atoms with E-state index in [0.717, 1.165) is 17.8 Å². The van der Waals surface area contributed by atoms with Gasteiger partial charge in [0.25, 0.3) is 0 Å². The van der Waals surface area contributed by atoms with Gasteiger partial charge in [-0.2, -0.15) is 0 Å². The summed E-state index contributed by atoms with van der Waals surface area (Å²) in [4.78, 5) is 3.28. The highest BCUT2D eigenvalue weighted by molar-refractivity contribution is 5.83. The van der Waals surface area contributed by atoms with Crippen LogP contribution in [0.4, 0.5) is 0 Å². The highest BCUT2D eigenvalue weighted by Gasteiger charge is 2.17. The third-order valence-electron chi connectivity index (χ3n) is 3.60. The van der Waals surface area contributed by atoms with E-state index in [9.17, 15) is 0 Å². The number of fused-ring (bicyclic) bond motifs is 1. The van der Waals surface area contributed by atoms with Crippen molar-refractivity contribution in [1.82, 2.24) is 19.7 Å². The fourth-order valence-corrected chi connectivity index (χ4v) is 2.54. The largest absolute Gasteiger partial charge is 0.361 e. The molecule has 0 spiro atoms. The first-order valence-electron chi connectivity index (χ1n) is 6.87. The third-order valence-corrected chi connectivity index (χ3v) is 3.60. The predicted octanol–water partition coefficient (Wildman–Crippen LogP) is 2.58. The van der Waals surface area contributed by atoms with Crippen molar-refractivity contribution in [2.75, 3.05) is 0 Å². The van der Waals surface area contributed by atoms with E-state index in [1.807, 2.05) is 22.9 Å². The Kier molecular flexibility index (Phi) is 3.28. The first-order chi connectivity index (χ1) is 9.66. The van der Waals surface area contributed by atoms with Crippen molar-refractivity contribution in [3.63, 3.8) is 0 Å². The molecule has 0 saturated heterocycles. The summed E-state index contributed by atoms with van der Waals surface area (Å²) in [5.74, 6) is 0.838. The number of benzene rings is 1. The van der Waals surface area contributed by atoms with Gasteiger partial charge in [0, 0.05) is 23.1 Å². The van der Waals surface area contributed by atoms with Crippen LogP contribution < -0.4 is 5.73 Å². The zero-order chi connectivity index (χ0) is 14.1. The lowest BCUT2D eigenvalue weighted by atomic mass is 10.0. The molecule has 0 radical (unpaired) electrons. The maximum absolute atomic E-state index is 6.32. The number of para-hydroxylation sites is 1. The molecule has 0 unspecified atom stereocenters. The molecule has 0 aliphatic rings. The van der Waals surface area contributed by atoms with Gasteiger partial charge in [0.15, 0.2) is 0 Å². The van der Waals surface area contributed by atoms with Gasteiger partial charge in [-0.3, -0.25) is 0 Å². The molecule has 104 valence electrons. The van der Waals surface area contributed by atoms with Crippen molar-refractivity contribution in [3.05, 3.63) is 48.2 Å². The molecule has 0 aliphatic heterocycles. The average molecular weight is 269 g/mol. The molecule has 0 aliphatic carbocycles. The minimum atomic E-state index is -0.154. The number of hydrogen-bond donors (Lipinski definition) is 2. The van der Waals surface area contributed by atoms with Crippen molar-refractivity contribution < 1.29 is 0 Å². The molecule has 0 amide bonds. The molecule has 1 atom stereocenters. The van der Waals surface area contributed by atoms with Crippen LogP contribution in [0.15, 0.2) is 36.8 Å². The fourth-order valence-electron chi connectivity index (χ4n) is 2.54. The molecule has 2 aromatic heterocycles. The standard InChI is InChI=1S/C15H19N5/c1-10(2)20-9-18-19-15(20)13(16)7-11-8-17-14-6-4-3-5-12(11)14/h3-6,8-10,13,17H,7,16H2,1-2H3/t13-/m0/s1. The maximum Gasteiger partial charge on any atom is 0.150 e. The normalized spacial score (nSPS) is 13.2. The summed E-state index contributed by atoms with van der Waals surface area (Å²) in [5.41, 5.74) is 8.68. The van der Waals surface area contributed by atoms with E-state index in [1.54, 1.807) is 6.33 Å². The number of nitrogens with zero attached hydrogens (tertiary/aromatic N) is 3. The first-order valence-corrected chi connectivity index (χ1v) is 6.87. The van der Waals surface area contributed by atoms with Crippen molar-refractivity contribution >= 4 is 10.9 Å². The average Bonchev–Trinajstić information content (AvgIpc) is 3.06. The molecule has 1 aromatic carbocycles. The molecule has 2 heterocycles. The number of nitrogens with two attached hydrogens (primary N) is 1. The number of aromatic amines is 1. The van der Waals surface area contributed by atoms with Crippen LogP contribution in [0.25, 0.3) is 10.9 Å². The molecular weight excluding hydrogens is 250 g/mol. The Bertz CT molecular complexity index is 710. The van der Waals surface area contributed by atoms with Crippen LogP contribution in [0.2, 0.25) is 0 Å². The topological polar surface area (TPSA) is 72.5 Å². The van der Waals surface area contributed by atoms with Gasteiger partial charge in [0.05, 0.1) is 6.04 Å². The number of H-pyrrole nitrogens is 1. The van der Waals surface area contributed by atoms with Gasteiger partial charge in [-0.1, -0.05) is 18.2 Å². The van der Waals surface area contributed by atoms with Gasteiger partial charge in [-0.15, -0.1) is 10.2 Å². The molecular formula is C15H19N5. The van der Waals surface area contributed by atoms with E-state index in [-0.39, 0.29) is 6.04 Å². The summed E-state index contributed by atoms with van der Waals surface area (Å²) in [6.07, 6.45) is 4.52. The summed E-state index contributed by atoms with van der Waals surface area (Å²) in [6.45, 7) is 4.20. The monoisotopic (exact) mass is 269 g/mol. The number of hydrogen-bond acceptors (Lipinski definition) is 3. The second-order valence-electron chi connectivity index (χ2n) is 5.36. The Morgan fingerprint density at radius 1 is 1.30 bits per heavy atom. The van der Waals surface area contributed by atoms with Crippen molar-refractivity contribution in [1.29, 1.82) is 0 Å². The Balaban J connectivity index is 1.89. The number of rotatable bonds is 4. The Morgan fingerprint density at radius 3 is 2.90 bits per heavy atom. The van der Waals surface area contributed by atoms with Gasteiger partial charge >= 0.3 is 0 Å². The molecule has 5 heteroatoms. The Labute approximate surface area is 117 Å². The highest BCUT2D eigenvalue weighted by atomic mass is 15.3. The SMILES string of the molecule is CC(C)n1cnnc1[C@@H](N)Cc1c[nH]c2ccccc12. The van der Waals surface area contributed by atoms with Crippen LogP contribution in [0.3, 0.4) is 0 Å². The van der Waals surface area contributed by atoms with Crippen LogP contribution in [0, 0.1) is 0 Å². The summed E-state index contributed by atoms with van der Waals surface area (Å²) < 4.78 is 2.03. The molecule has 0 fully saturated rings. The second-order valence-corrected chi connectivity index (χ2v) is 5.36. The molecule has 0 bridgehead atoms. The fraction of sp³-hybridized carbons (Fsp3) is 0.333. The zero-order valence-electron chi connectivity index (χ0n) is 11.7. The number of nitrogens with one attached hydrogen (secondary N) is 1. The summed E-state index contributed by atoms with van der Waals surface area (Å²) in [7, 11) is 0. The summed E-state index contributed by atoms with van der Waals surface area (Å²) in [5, 5.41) is 9.38. The van der Waals surface area contributed by atoms with E-state index in [1.165, 1.54) is 10.9 Å². The summed E-state index contributed by atoms with van der Waals surface area (Å²) >= 11 is 0. The minimum absolute atomic E-state index is 0.154. The van der Waals surface area contributed by atoms with E-state index in [0.29, 0.717) is 6.04 Å². The lowest BCUT2D eigenvalue weighted by Gasteiger charge is -2.15. The maximum atomic E-state index is 6.32. The van der Waals surface area contributed by atoms with E-state index in [2.05, 4.69) is 41.2 Å². The zero-order valence-corrected chi connectivity index (χ0v) is 11.7. The highest BCUT2D eigenvalue weighted by Crippen LogP contribution is 2.23. The van der Waals surface area contributed by atoms with Gasteiger partial charge in [0.2, 0.25) is 0 Å². The van der Waals surface area contributed by atoms with Crippen LogP contribution in [0.1, 0.15) is 37.3 Å². The molecule has 3 N–H and O–H groups in total. The van der Waals surface area contributed by atoms with Crippen LogP contribution in [-0.4, -0.2) is 19.7 Å². The third kappa shape index (κ3) is 2.20. The first kappa shape index (κ1) is 12.9. The van der Waals surface area contributed by atoms with Gasteiger partial charge in [-0.25, -0.2) is 0 Å². The molecule has 20 heavy (non-hydrogen) atoms. The summed E-state index contributed by atoms with van der Waals surface area (Å²) in [6, 6.07) is 8.41. The van der Waals surface area contributed by atoms with Crippen LogP contribution in [-0.2, 0) is 6.42 Å². The molecule has 0 saturated carbocycles. The molecule has 3 rings (SSSR count). The molecule has 5 nitrogen and oxygen atoms in total. The molecule has 3 aromatic rings. The van der Waals surface area contributed by atoms with Gasteiger partial charge in [-0.05, 0) is 31.9 Å². The van der Waals surface area contributed by atoms with Gasteiger partial charge < -0.3 is 15.3 Å². The van der Waals surface area contributed by atoms with E-state index in [4.69, 9.17) is 5.73 Å². The van der Waals surface area contributed by atoms with Crippen LogP contribution in [0.5, 0.6) is 0 Å². The Morgan fingerprint density at radius 2 is 2.10 bits per heavy atom. The smallest absolute Gasteiger partial charge is 0.150 e. The van der Waals surface area contributed by atoms with Crippen LogP contribution >= 0.6 is 0 Å². The van der Waals surface area contributed by atoms with Gasteiger partial charge in [0.1, 0.15) is 12.2 Å². The van der Waals surface area contributed by atoms with E-state index >= 15 is 0 Å². The van der Waals surface area contributed by atoms with Crippen molar-refractivity contribution in [2.24, 2.45) is 5.73 Å². The quantitative estimate of drug-likeness (QED) is 0.764.